The third-order valence-corrected chi connectivity index (χ3v) is 2.87. The molecule has 0 spiro atoms. The molecule has 2 aromatic rings. The molecule has 0 fully saturated rings. The zero-order valence-corrected chi connectivity index (χ0v) is 10.1. The summed E-state index contributed by atoms with van der Waals surface area (Å²) in [7, 11) is 1.91. The standard InChI is InChI=1S/C13H15FN4/c1-18(11-4-2-10(14)3-5-11)13(8-15)12-6-7-16-9-17-12/h2-7,9,13H,8,15H2,1H3. The van der Waals surface area contributed by atoms with Crippen LogP contribution in [0.5, 0.6) is 0 Å². The highest BCUT2D eigenvalue weighted by Crippen LogP contribution is 2.23. The van der Waals surface area contributed by atoms with Crippen molar-refractivity contribution in [1.82, 2.24) is 9.97 Å². The van der Waals surface area contributed by atoms with Crippen molar-refractivity contribution >= 4 is 5.69 Å². The van der Waals surface area contributed by atoms with Crippen LogP contribution in [0.25, 0.3) is 0 Å². The number of hydrogen-bond donors (Lipinski definition) is 1. The molecule has 2 rings (SSSR count). The largest absolute Gasteiger partial charge is 0.365 e. The SMILES string of the molecule is CN(c1ccc(F)cc1)C(CN)c1ccncn1. The highest BCUT2D eigenvalue weighted by atomic mass is 19.1. The smallest absolute Gasteiger partial charge is 0.123 e. The topological polar surface area (TPSA) is 55.0 Å². The minimum atomic E-state index is -0.251. The van der Waals surface area contributed by atoms with E-state index in [1.165, 1.54) is 18.5 Å². The molecule has 2 N–H and O–H groups in total. The van der Waals surface area contributed by atoms with Gasteiger partial charge in [0.15, 0.2) is 0 Å². The van der Waals surface area contributed by atoms with Crippen molar-refractivity contribution in [3.63, 3.8) is 0 Å². The first-order chi connectivity index (χ1) is 8.72. The number of rotatable bonds is 4. The van der Waals surface area contributed by atoms with E-state index in [0.717, 1.165) is 11.4 Å². The second-order valence-corrected chi connectivity index (χ2v) is 3.97. The average molecular weight is 246 g/mol. The van der Waals surface area contributed by atoms with Crippen LogP contribution < -0.4 is 10.6 Å². The molecule has 1 unspecified atom stereocenters. The van der Waals surface area contributed by atoms with Gasteiger partial charge in [0.2, 0.25) is 0 Å². The van der Waals surface area contributed by atoms with Crippen LogP contribution in [-0.4, -0.2) is 23.6 Å². The van der Waals surface area contributed by atoms with E-state index in [-0.39, 0.29) is 11.9 Å². The van der Waals surface area contributed by atoms with Crippen LogP contribution in [0.1, 0.15) is 11.7 Å². The molecule has 18 heavy (non-hydrogen) atoms. The first kappa shape index (κ1) is 12.4. The first-order valence-electron chi connectivity index (χ1n) is 5.66. The van der Waals surface area contributed by atoms with Crippen molar-refractivity contribution in [1.29, 1.82) is 0 Å². The normalized spacial score (nSPS) is 12.2. The van der Waals surface area contributed by atoms with E-state index >= 15 is 0 Å². The summed E-state index contributed by atoms with van der Waals surface area (Å²) < 4.78 is 12.9. The number of hydrogen-bond acceptors (Lipinski definition) is 4. The van der Waals surface area contributed by atoms with Crippen LogP contribution in [0.15, 0.2) is 42.9 Å². The molecule has 5 heteroatoms. The Labute approximate surface area is 105 Å². The molecular formula is C13H15FN4. The van der Waals surface area contributed by atoms with Gasteiger partial charge >= 0.3 is 0 Å². The van der Waals surface area contributed by atoms with Crippen molar-refractivity contribution in [2.75, 3.05) is 18.5 Å². The van der Waals surface area contributed by atoms with Crippen LogP contribution in [0.2, 0.25) is 0 Å². The van der Waals surface area contributed by atoms with Crippen molar-refractivity contribution in [2.45, 2.75) is 6.04 Å². The van der Waals surface area contributed by atoms with Gasteiger partial charge in [-0.05, 0) is 30.3 Å². The Morgan fingerprint density at radius 3 is 2.56 bits per heavy atom. The van der Waals surface area contributed by atoms with Crippen molar-refractivity contribution < 1.29 is 4.39 Å². The van der Waals surface area contributed by atoms with E-state index in [1.807, 2.05) is 18.0 Å². The zero-order valence-electron chi connectivity index (χ0n) is 10.1. The Bertz CT molecular complexity index is 486. The molecule has 0 saturated heterocycles. The van der Waals surface area contributed by atoms with E-state index in [4.69, 9.17) is 5.73 Å². The summed E-state index contributed by atoms with van der Waals surface area (Å²) in [6.45, 7) is 0.422. The summed E-state index contributed by atoms with van der Waals surface area (Å²) in [6.07, 6.45) is 3.18. The lowest BCUT2D eigenvalue weighted by Gasteiger charge is -2.28. The number of aromatic nitrogens is 2. The minimum Gasteiger partial charge on any atom is -0.365 e. The van der Waals surface area contributed by atoms with Gasteiger partial charge in [-0.25, -0.2) is 14.4 Å². The van der Waals surface area contributed by atoms with Gasteiger partial charge < -0.3 is 10.6 Å². The fourth-order valence-electron chi connectivity index (χ4n) is 1.83. The van der Waals surface area contributed by atoms with E-state index < -0.39 is 0 Å². The molecular weight excluding hydrogens is 231 g/mol. The molecule has 0 bridgehead atoms. The van der Waals surface area contributed by atoms with Crippen LogP contribution in [0, 0.1) is 5.82 Å². The number of nitrogens with zero attached hydrogens (tertiary/aromatic N) is 3. The maximum Gasteiger partial charge on any atom is 0.123 e. The molecule has 4 nitrogen and oxygen atoms in total. The van der Waals surface area contributed by atoms with Gasteiger partial charge in [-0.3, -0.25) is 0 Å². The quantitative estimate of drug-likeness (QED) is 0.893. The molecule has 1 heterocycles. The maximum atomic E-state index is 12.9. The van der Waals surface area contributed by atoms with Gasteiger partial charge in [-0.1, -0.05) is 0 Å². The van der Waals surface area contributed by atoms with Crippen LogP contribution in [-0.2, 0) is 0 Å². The van der Waals surface area contributed by atoms with Crippen molar-refractivity contribution in [3.05, 3.63) is 54.4 Å². The molecule has 0 saturated carbocycles. The maximum absolute atomic E-state index is 12.9. The van der Waals surface area contributed by atoms with E-state index in [1.54, 1.807) is 18.3 Å². The fraction of sp³-hybridized carbons (Fsp3) is 0.231. The monoisotopic (exact) mass is 246 g/mol. The molecule has 0 radical (unpaired) electrons. The number of likely N-dealkylation sites (N-methyl/N-ethyl adjacent to an activating group) is 1. The minimum absolute atomic E-state index is 0.0570. The Hall–Kier alpha value is -2.01. The molecule has 94 valence electrons. The second kappa shape index (κ2) is 5.55. The summed E-state index contributed by atoms with van der Waals surface area (Å²) in [5, 5.41) is 0. The lowest BCUT2D eigenvalue weighted by molar-refractivity contribution is 0.625. The lowest BCUT2D eigenvalue weighted by atomic mass is 10.1. The van der Waals surface area contributed by atoms with Gasteiger partial charge in [-0.2, -0.15) is 0 Å². The summed E-state index contributed by atoms with van der Waals surface area (Å²) in [6, 6.07) is 8.08. The summed E-state index contributed by atoms with van der Waals surface area (Å²) >= 11 is 0. The van der Waals surface area contributed by atoms with E-state index in [9.17, 15) is 4.39 Å². The second-order valence-electron chi connectivity index (χ2n) is 3.97. The Balaban J connectivity index is 2.25. The highest BCUT2D eigenvalue weighted by Gasteiger charge is 2.17. The predicted octanol–water partition coefficient (Wildman–Crippen LogP) is 1.75. The Morgan fingerprint density at radius 2 is 2.00 bits per heavy atom. The van der Waals surface area contributed by atoms with Crippen molar-refractivity contribution in [3.8, 4) is 0 Å². The fourth-order valence-corrected chi connectivity index (χ4v) is 1.83. The number of halogens is 1. The summed E-state index contributed by atoms with van der Waals surface area (Å²) in [5.74, 6) is -0.251. The van der Waals surface area contributed by atoms with Gasteiger partial charge in [0.25, 0.3) is 0 Å². The average Bonchev–Trinajstić information content (AvgIpc) is 2.41. The number of benzene rings is 1. The van der Waals surface area contributed by atoms with Gasteiger partial charge in [0, 0.05) is 25.5 Å². The first-order valence-corrected chi connectivity index (χ1v) is 5.66. The highest BCUT2D eigenvalue weighted by molar-refractivity contribution is 5.47. The van der Waals surface area contributed by atoms with Crippen LogP contribution >= 0.6 is 0 Å². The van der Waals surface area contributed by atoms with E-state index in [2.05, 4.69) is 9.97 Å². The summed E-state index contributed by atoms with van der Waals surface area (Å²) in [5.41, 5.74) is 7.54. The van der Waals surface area contributed by atoms with Crippen LogP contribution in [0.3, 0.4) is 0 Å². The third-order valence-electron chi connectivity index (χ3n) is 2.87. The van der Waals surface area contributed by atoms with Gasteiger partial charge in [0.1, 0.15) is 12.1 Å². The molecule has 0 aliphatic carbocycles. The van der Waals surface area contributed by atoms with Crippen molar-refractivity contribution in [2.24, 2.45) is 5.73 Å². The lowest BCUT2D eigenvalue weighted by Crippen LogP contribution is -2.31. The number of nitrogens with two attached hydrogens (primary N) is 1. The predicted molar refractivity (Wildman–Crippen MR) is 68.6 cm³/mol. The third kappa shape index (κ3) is 2.62. The molecule has 1 atom stereocenters. The van der Waals surface area contributed by atoms with E-state index in [0.29, 0.717) is 6.54 Å². The zero-order chi connectivity index (χ0) is 13.0. The molecule has 0 aliphatic heterocycles. The molecule has 0 aliphatic rings. The molecule has 0 amide bonds. The Kier molecular flexibility index (Phi) is 3.84. The van der Waals surface area contributed by atoms with Gasteiger partial charge in [-0.15, -0.1) is 0 Å². The summed E-state index contributed by atoms with van der Waals surface area (Å²) in [4.78, 5) is 10.1. The van der Waals surface area contributed by atoms with Crippen LogP contribution in [0.4, 0.5) is 10.1 Å². The molecule has 1 aromatic heterocycles. The molecule has 1 aromatic carbocycles. The van der Waals surface area contributed by atoms with Gasteiger partial charge in [0.05, 0.1) is 11.7 Å². The Morgan fingerprint density at radius 1 is 1.28 bits per heavy atom. The number of anilines is 1.